The highest BCUT2D eigenvalue weighted by Gasteiger charge is 2.23. The number of anilines is 1. The molecule has 0 aliphatic heterocycles. The fraction of sp³-hybridized carbons (Fsp3) is 0.312. The molecule has 0 spiro atoms. The highest BCUT2D eigenvalue weighted by Crippen LogP contribution is 2.17. The summed E-state index contributed by atoms with van der Waals surface area (Å²) in [5.74, 6) is -1.11. The highest BCUT2D eigenvalue weighted by molar-refractivity contribution is 5.96. The van der Waals surface area contributed by atoms with Crippen molar-refractivity contribution in [3.8, 4) is 0 Å². The van der Waals surface area contributed by atoms with Gasteiger partial charge in [0.15, 0.2) is 0 Å². The first-order valence-corrected chi connectivity index (χ1v) is 7.17. The van der Waals surface area contributed by atoms with Gasteiger partial charge in [-0.15, -0.1) is 0 Å². The second kappa shape index (κ2) is 7.04. The minimum absolute atomic E-state index is 0.144. The van der Waals surface area contributed by atoms with Crippen LogP contribution in [0, 0.1) is 5.82 Å². The zero-order valence-electron chi connectivity index (χ0n) is 13.3. The zero-order chi connectivity index (χ0) is 17.0. The van der Waals surface area contributed by atoms with E-state index in [4.69, 9.17) is 0 Å². The first-order valence-electron chi connectivity index (χ1n) is 7.17. The van der Waals surface area contributed by atoms with E-state index in [0.717, 1.165) is 0 Å². The lowest BCUT2D eigenvalue weighted by Gasteiger charge is -2.24. The van der Waals surface area contributed by atoms with E-state index in [2.05, 4.69) is 5.10 Å². The summed E-state index contributed by atoms with van der Waals surface area (Å²) in [4.78, 5) is 27.1. The number of nitrogens with zero attached hydrogens (tertiary/aromatic N) is 4. The first kappa shape index (κ1) is 16.7. The summed E-state index contributed by atoms with van der Waals surface area (Å²) in [6.07, 6.45) is 3.27. The van der Waals surface area contributed by atoms with Crippen LogP contribution >= 0.6 is 0 Å². The average molecular weight is 318 g/mol. The van der Waals surface area contributed by atoms with Gasteiger partial charge < -0.3 is 9.80 Å². The molecule has 7 heteroatoms. The normalized spacial score (nSPS) is 11.8. The molecule has 1 atom stereocenters. The van der Waals surface area contributed by atoms with E-state index in [9.17, 15) is 14.0 Å². The number of rotatable bonds is 5. The molecule has 2 amide bonds. The van der Waals surface area contributed by atoms with Crippen LogP contribution in [-0.4, -0.2) is 47.1 Å². The molecule has 1 aromatic heterocycles. The molecule has 0 radical (unpaired) electrons. The molecule has 1 heterocycles. The number of likely N-dealkylation sites (N-methyl/N-ethyl adjacent to an activating group) is 2. The summed E-state index contributed by atoms with van der Waals surface area (Å²) in [6, 6.07) is 7.22. The number of hydrogen-bond acceptors (Lipinski definition) is 3. The Balaban J connectivity index is 2.02. The second-order valence-electron chi connectivity index (χ2n) is 5.26. The van der Waals surface area contributed by atoms with Gasteiger partial charge in [0.2, 0.25) is 11.8 Å². The van der Waals surface area contributed by atoms with Crippen LogP contribution in [0.4, 0.5) is 10.1 Å². The second-order valence-corrected chi connectivity index (χ2v) is 5.26. The lowest BCUT2D eigenvalue weighted by atomic mass is 10.2. The minimum atomic E-state index is -0.512. The summed E-state index contributed by atoms with van der Waals surface area (Å²) in [6.45, 7) is 1.56. The standard InChI is InChI=1S/C16H19FN4O2/c1-12(21-10-6-9-18-21)16(23)19(2)11-15(22)20(3)14-8-5-4-7-13(14)17/h4-10,12H,11H2,1-3H3/t12-/m1/s1. The molecule has 0 unspecified atom stereocenters. The lowest BCUT2D eigenvalue weighted by Crippen LogP contribution is -2.42. The fourth-order valence-electron chi connectivity index (χ4n) is 2.19. The zero-order valence-corrected chi connectivity index (χ0v) is 13.3. The molecule has 122 valence electrons. The summed E-state index contributed by atoms with van der Waals surface area (Å²) in [5, 5.41) is 4.02. The van der Waals surface area contributed by atoms with Crippen molar-refractivity contribution in [3.05, 3.63) is 48.5 Å². The van der Waals surface area contributed by atoms with Crippen LogP contribution < -0.4 is 4.90 Å². The summed E-state index contributed by atoms with van der Waals surface area (Å²) in [7, 11) is 3.02. The Morgan fingerprint density at radius 1 is 1.26 bits per heavy atom. The fourth-order valence-corrected chi connectivity index (χ4v) is 2.19. The molecule has 1 aromatic carbocycles. The lowest BCUT2D eigenvalue weighted by molar-refractivity contribution is -0.136. The third-order valence-corrected chi connectivity index (χ3v) is 3.62. The van der Waals surface area contributed by atoms with Crippen LogP contribution in [0.2, 0.25) is 0 Å². The van der Waals surface area contributed by atoms with E-state index in [1.165, 1.54) is 40.7 Å². The minimum Gasteiger partial charge on any atom is -0.335 e. The van der Waals surface area contributed by atoms with Crippen LogP contribution in [0.3, 0.4) is 0 Å². The molecule has 0 saturated carbocycles. The van der Waals surface area contributed by atoms with Crippen molar-refractivity contribution in [2.24, 2.45) is 0 Å². The van der Waals surface area contributed by atoms with Gasteiger partial charge in [-0.3, -0.25) is 14.3 Å². The van der Waals surface area contributed by atoms with Gasteiger partial charge in [0.25, 0.3) is 0 Å². The van der Waals surface area contributed by atoms with Crippen molar-refractivity contribution in [1.29, 1.82) is 0 Å². The van der Waals surface area contributed by atoms with E-state index in [-0.39, 0.29) is 24.0 Å². The number of halogens is 1. The van der Waals surface area contributed by atoms with Gasteiger partial charge in [0, 0.05) is 26.5 Å². The van der Waals surface area contributed by atoms with Gasteiger partial charge in [0.05, 0.1) is 12.2 Å². The quantitative estimate of drug-likeness (QED) is 0.843. The molecular formula is C16H19FN4O2. The van der Waals surface area contributed by atoms with Gasteiger partial charge in [-0.05, 0) is 25.1 Å². The Labute approximate surface area is 134 Å². The van der Waals surface area contributed by atoms with Crippen molar-refractivity contribution in [2.75, 3.05) is 25.5 Å². The van der Waals surface area contributed by atoms with E-state index in [0.29, 0.717) is 0 Å². The Morgan fingerprint density at radius 2 is 1.96 bits per heavy atom. The third-order valence-electron chi connectivity index (χ3n) is 3.62. The topological polar surface area (TPSA) is 58.4 Å². The third kappa shape index (κ3) is 3.74. The van der Waals surface area contributed by atoms with E-state index in [1.54, 1.807) is 37.5 Å². The average Bonchev–Trinajstić information content (AvgIpc) is 3.07. The maximum atomic E-state index is 13.7. The number of carbonyl (C=O) groups excluding carboxylic acids is 2. The maximum absolute atomic E-state index is 13.7. The van der Waals surface area contributed by atoms with Crippen molar-refractivity contribution < 1.29 is 14.0 Å². The predicted molar refractivity (Wildman–Crippen MR) is 84.4 cm³/mol. The molecular weight excluding hydrogens is 299 g/mol. The Bertz CT molecular complexity index is 687. The first-order chi connectivity index (χ1) is 10.9. The van der Waals surface area contributed by atoms with Crippen molar-refractivity contribution >= 4 is 17.5 Å². The van der Waals surface area contributed by atoms with Crippen LogP contribution in [-0.2, 0) is 9.59 Å². The molecule has 6 nitrogen and oxygen atoms in total. The largest absolute Gasteiger partial charge is 0.335 e. The van der Waals surface area contributed by atoms with Crippen LogP contribution in [0.5, 0.6) is 0 Å². The van der Waals surface area contributed by atoms with Gasteiger partial charge >= 0.3 is 0 Å². The molecule has 0 saturated heterocycles. The number of amides is 2. The molecule has 0 bridgehead atoms. The molecule has 2 aromatic rings. The number of aromatic nitrogens is 2. The van der Waals surface area contributed by atoms with E-state index in [1.807, 2.05) is 0 Å². The van der Waals surface area contributed by atoms with Crippen molar-refractivity contribution in [1.82, 2.24) is 14.7 Å². The molecule has 0 N–H and O–H groups in total. The number of benzene rings is 1. The Kier molecular flexibility index (Phi) is 5.10. The van der Waals surface area contributed by atoms with Crippen LogP contribution in [0.1, 0.15) is 13.0 Å². The van der Waals surface area contributed by atoms with Crippen molar-refractivity contribution in [2.45, 2.75) is 13.0 Å². The number of carbonyl (C=O) groups is 2. The highest BCUT2D eigenvalue weighted by atomic mass is 19.1. The SMILES string of the molecule is C[C@H](C(=O)N(C)CC(=O)N(C)c1ccccc1F)n1cccn1. The van der Waals surface area contributed by atoms with Gasteiger partial charge in [-0.2, -0.15) is 5.10 Å². The Morgan fingerprint density at radius 3 is 2.57 bits per heavy atom. The van der Waals surface area contributed by atoms with Gasteiger partial charge in [-0.25, -0.2) is 4.39 Å². The predicted octanol–water partition coefficient (Wildman–Crippen LogP) is 1.70. The summed E-state index contributed by atoms with van der Waals surface area (Å²) in [5.41, 5.74) is 0.179. The maximum Gasteiger partial charge on any atom is 0.247 e. The van der Waals surface area contributed by atoms with Gasteiger partial charge in [-0.1, -0.05) is 12.1 Å². The van der Waals surface area contributed by atoms with Gasteiger partial charge in [0.1, 0.15) is 11.9 Å². The summed E-state index contributed by atoms with van der Waals surface area (Å²) < 4.78 is 15.2. The molecule has 0 aliphatic rings. The smallest absolute Gasteiger partial charge is 0.247 e. The molecule has 2 rings (SSSR count). The van der Waals surface area contributed by atoms with Crippen LogP contribution in [0.25, 0.3) is 0 Å². The summed E-state index contributed by atoms with van der Waals surface area (Å²) >= 11 is 0. The molecule has 0 aliphatic carbocycles. The van der Waals surface area contributed by atoms with Crippen LogP contribution in [0.15, 0.2) is 42.7 Å². The number of para-hydroxylation sites is 1. The van der Waals surface area contributed by atoms with Crippen molar-refractivity contribution in [3.63, 3.8) is 0 Å². The Hall–Kier alpha value is -2.70. The molecule has 0 fully saturated rings. The monoisotopic (exact) mass is 318 g/mol. The van der Waals surface area contributed by atoms with E-state index < -0.39 is 11.9 Å². The van der Waals surface area contributed by atoms with E-state index >= 15 is 0 Å². The molecule has 23 heavy (non-hydrogen) atoms. The number of hydrogen-bond donors (Lipinski definition) is 0.